The molecule has 0 bridgehead atoms. The summed E-state index contributed by atoms with van der Waals surface area (Å²) in [6, 6.07) is 4.93. The zero-order valence-electron chi connectivity index (χ0n) is 11.4. The fourth-order valence-electron chi connectivity index (χ4n) is 2.10. The molecule has 0 aliphatic heterocycles. The van der Waals surface area contributed by atoms with Gasteiger partial charge in [0.1, 0.15) is 13.0 Å². The monoisotopic (exact) mass is 404 g/mol. The van der Waals surface area contributed by atoms with E-state index in [0.717, 1.165) is 9.13 Å². The number of nitrogens with one attached hydrogen (secondary N) is 1. The van der Waals surface area contributed by atoms with Gasteiger partial charge in [-0.3, -0.25) is 4.98 Å². The molecule has 2 aromatic rings. The van der Waals surface area contributed by atoms with E-state index in [2.05, 4.69) is 32.9 Å². The average Bonchev–Trinajstić information content (AvgIpc) is 2.31. The van der Waals surface area contributed by atoms with Gasteiger partial charge in [0.25, 0.3) is 0 Å². The van der Waals surface area contributed by atoms with Crippen LogP contribution in [0.1, 0.15) is 5.56 Å². The minimum absolute atomic E-state index is 0.341. The minimum Gasteiger partial charge on any atom is -0.351 e. The fourth-order valence-corrected chi connectivity index (χ4v) is 4.15. The Balaban J connectivity index is 2.49. The van der Waals surface area contributed by atoms with Gasteiger partial charge in [0.2, 0.25) is 0 Å². The molecule has 106 valence electrons. The predicted molar refractivity (Wildman–Crippen MR) is 90.5 cm³/mol. The van der Waals surface area contributed by atoms with Gasteiger partial charge in [-0.2, -0.15) is 0 Å². The maximum atomic E-state index is 13.9. The minimum atomic E-state index is -2.48. The van der Waals surface area contributed by atoms with E-state index in [0.29, 0.717) is 16.7 Å². The van der Waals surface area contributed by atoms with Crippen LogP contribution in [0.5, 0.6) is 0 Å². The molecule has 0 atom stereocenters. The Kier molecular flexibility index (Phi) is 4.49. The Morgan fingerprint density at radius 3 is 2.55 bits per heavy atom. The highest BCUT2D eigenvalue weighted by molar-refractivity contribution is 14.1. The van der Waals surface area contributed by atoms with Crippen molar-refractivity contribution in [1.29, 1.82) is 0 Å². The topological polar surface area (TPSA) is 42.0 Å². The number of hydrogen-bond acceptors (Lipinski definition) is 3. The Bertz CT molecular complexity index is 700. The van der Waals surface area contributed by atoms with Crippen LogP contribution in [0.15, 0.2) is 30.6 Å². The molecule has 1 N–H and O–H groups in total. The van der Waals surface area contributed by atoms with Crippen LogP contribution in [0.25, 0.3) is 0 Å². The molecule has 6 heteroatoms. The summed E-state index contributed by atoms with van der Waals surface area (Å²) in [5, 5.41) is 3.72. The predicted octanol–water partition coefficient (Wildman–Crippen LogP) is 4.13. The van der Waals surface area contributed by atoms with E-state index in [4.69, 9.17) is 0 Å². The van der Waals surface area contributed by atoms with Crippen molar-refractivity contribution in [3.8, 4) is 0 Å². The summed E-state index contributed by atoms with van der Waals surface area (Å²) < 4.78 is 27.2. The van der Waals surface area contributed by atoms with Crippen molar-refractivity contribution in [2.24, 2.45) is 0 Å². The lowest BCUT2D eigenvalue weighted by Crippen LogP contribution is -2.14. The molecule has 1 aromatic heterocycles. The summed E-state index contributed by atoms with van der Waals surface area (Å²) in [7, 11) is -2.48. The third-order valence-corrected chi connectivity index (χ3v) is 5.18. The van der Waals surface area contributed by atoms with Crippen molar-refractivity contribution >= 4 is 46.4 Å². The molecule has 20 heavy (non-hydrogen) atoms. The molecule has 1 aromatic carbocycles. The molecule has 3 nitrogen and oxygen atoms in total. The standard InChI is InChI=1S/C14H15FIN2OP/c1-9-7-17-8-13(14(9)20(2,3)19)18-12-5-4-10(16)6-11(12)15/h4-8,18H,1-3H3. The number of benzene rings is 1. The van der Waals surface area contributed by atoms with Crippen LogP contribution >= 0.6 is 29.7 Å². The summed E-state index contributed by atoms with van der Waals surface area (Å²) in [6.07, 6.45) is 3.25. The molecule has 0 aliphatic rings. The van der Waals surface area contributed by atoms with Gasteiger partial charge in [0, 0.05) is 15.1 Å². The van der Waals surface area contributed by atoms with Gasteiger partial charge in [-0.05, 0) is 66.6 Å². The number of aryl methyl sites for hydroxylation is 1. The molecule has 0 radical (unpaired) electrons. The van der Waals surface area contributed by atoms with Crippen molar-refractivity contribution in [3.63, 3.8) is 0 Å². The summed E-state index contributed by atoms with van der Waals surface area (Å²) in [4.78, 5) is 4.09. The second kappa shape index (κ2) is 5.82. The highest BCUT2D eigenvalue weighted by Crippen LogP contribution is 2.39. The average molecular weight is 404 g/mol. The Morgan fingerprint density at radius 2 is 1.95 bits per heavy atom. The van der Waals surface area contributed by atoms with E-state index >= 15 is 0 Å². The van der Waals surface area contributed by atoms with E-state index in [1.165, 1.54) is 6.07 Å². The van der Waals surface area contributed by atoms with Crippen LogP contribution in [0, 0.1) is 16.3 Å². The molecule has 2 rings (SSSR count). The van der Waals surface area contributed by atoms with Crippen LogP contribution < -0.4 is 10.6 Å². The number of aromatic nitrogens is 1. The molecular formula is C14H15FIN2OP. The van der Waals surface area contributed by atoms with Crippen molar-refractivity contribution in [3.05, 3.63) is 45.5 Å². The van der Waals surface area contributed by atoms with Gasteiger partial charge in [-0.1, -0.05) is 0 Å². The van der Waals surface area contributed by atoms with Gasteiger partial charge in [-0.15, -0.1) is 0 Å². The van der Waals surface area contributed by atoms with Crippen LogP contribution in [-0.2, 0) is 4.57 Å². The van der Waals surface area contributed by atoms with Gasteiger partial charge in [-0.25, -0.2) is 4.39 Å². The van der Waals surface area contributed by atoms with E-state index in [-0.39, 0.29) is 5.82 Å². The highest BCUT2D eigenvalue weighted by atomic mass is 127. The maximum Gasteiger partial charge on any atom is 0.147 e. The smallest absolute Gasteiger partial charge is 0.147 e. The van der Waals surface area contributed by atoms with Crippen LogP contribution in [0.3, 0.4) is 0 Å². The largest absolute Gasteiger partial charge is 0.351 e. The number of nitrogens with zero attached hydrogens (tertiary/aromatic N) is 1. The van der Waals surface area contributed by atoms with Gasteiger partial charge in [0.05, 0.1) is 17.6 Å². The molecule has 0 saturated carbocycles. The zero-order chi connectivity index (χ0) is 14.9. The van der Waals surface area contributed by atoms with Crippen molar-refractivity contribution < 1.29 is 8.96 Å². The second-order valence-corrected chi connectivity index (χ2v) is 9.35. The lowest BCUT2D eigenvalue weighted by Gasteiger charge is -2.17. The second-order valence-electron chi connectivity index (χ2n) is 4.95. The number of pyridine rings is 1. The normalized spacial score (nSPS) is 11.4. The van der Waals surface area contributed by atoms with E-state index in [1.807, 2.05) is 13.0 Å². The first-order chi connectivity index (χ1) is 9.29. The quantitative estimate of drug-likeness (QED) is 0.618. The molecular weight excluding hydrogens is 389 g/mol. The van der Waals surface area contributed by atoms with Crippen LogP contribution in [-0.4, -0.2) is 18.3 Å². The summed E-state index contributed by atoms with van der Waals surface area (Å²) in [6.45, 7) is 5.26. The fraction of sp³-hybridized carbons (Fsp3) is 0.214. The Hall–Kier alpha value is -0.940. The SMILES string of the molecule is Cc1cncc(Nc2ccc(I)cc2F)c1P(C)(C)=O. The van der Waals surface area contributed by atoms with Crippen molar-refractivity contribution in [2.75, 3.05) is 18.6 Å². The first-order valence-corrected chi connectivity index (χ1v) is 9.69. The highest BCUT2D eigenvalue weighted by Gasteiger charge is 2.19. The lowest BCUT2D eigenvalue weighted by atomic mass is 10.2. The van der Waals surface area contributed by atoms with E-state index in [9.17, 15) is 8.96 Å². The molecule has 0 spiro atoms. The third kappa shape index (κ3) is 3.38. The van der Waals surface area contributed by atoms with Crippen molar-refractivity contribution in [2.45, 2.75) is 6.92 Å². The Morgan fingerprint density at radius 1 is 1.25 bits per heavy atom. The number of rotatable bonds is 3. The van der Waals surface area contributed by atoms with Gasteiger partial charge < -0.3 is 9.88 Å². The number of halogens is 2. The zero-order valence-corrected chi connectivity index (χ0v) is 14.5. The van der Waals surface area contributed by atoms with E-state index in [1.54, 1.807) is 31.8 Å². The first-order valence-electron chi connectivity index (χ1n) is 6.01. The van der Waals surface area contributed by atoms with Crippen LogP contribution in [0.2, 0.25) is 0 Å². The van der Waals surface area contributed by atoms with Gasteiger partial charge in [0.15, 0.2) is 0 Å². The number of anilines is 2. The summed E-state index contributed by atoms with van der Waals surface area (Å²) >= 11 is 2.05. The van der Waals surface area contributed by atoms with Gasteiger partial charge >= 0.3 is 0 Å². The first kappa shape index (κ1) is 15.4. The summed E-state index contributed by atoms with van der Waals surface area (Å²) in [5.41, 5.74) is 1.79. The Labute approximate surface area is 131 Å². The summed E-state index contributed by atoms with van der Waals surface area (Å²) in [5.74, 6) is -0.341. The molecule has 0 unspecified atom stereocenters. The maximum absolute atomic E-state index is 13.9. The molecule has 0 aliphatic carbocycles. The molecule has 0 fully saturated rings. The molecule has 0 amide bonds. The lowest BCUT2D eigenvalue weighted by molar-refractivity contribution is 0.588. The molecule has 0 saturated heterocycles. The van der Waals surface area contributed by atoms with Crippen molar-refractivity contribution in [1.82, 2.24) is 4.98 Å². The third-order valence-electron chi connectivity index (χ3n) is 2.84. The molecule has 1 heterocycles. The van der Waals surface area contributed by atoms with E-state index < -0.39 is 7.14 Å². The van der Waals surface area contributed by atoms with Crippen LogP contribution in [0.4, 0.5) is 15.8 Å². The number of hydrogen-bond donors (Lipinski definition) is 1.